The Balaban J connectivity index is 2.12. The maximum atomic E-state index is 12.3. The van der Waals surface area contributed by atoms with Gasteiger partial charge in [-0.25, -0.2) is 0 Å². The second-order valence-electron chi connectivity index (χ2n) is 5.07. The van der Waals surface area contributed by atoms with Gasteiger partial charge in [-0.3, -0.25) is 10.3 Å². The van der Waals surface area contributed by atoms with E-state index in [4.69, 9.17) is 16.2 Å². The minimum Gasteiger partial charge on any atom is -0.330 e. The van der Waals surface area contributed by atoms with Crippen molar-refractivity contribution in [2.75, 3.05) is 25.0 Å². The number of anilines is 1. The van der Waals surface area contributed by atoms with Crippen molar-refractivity contribution in [3.8, 4) is 0 Å². The van der Waals surface area contributed by atoms with Gasteiger partial charge in [-0.15, -0.1) is 0 Å². The van der Waals surface area contributed by atoms with Gasteiger partial charge in [0.2, 0.25) is 18.3 Å². The van der Waals surface area contributed by atoms with E-state index in [-0.39, 0.29) is 18.5 Å². The number of hydrogen-bond acceptors (Lipinski definition) is 6. The van der Waals surface area contributed by atoms with Crippen molar-refractivity contribution >= 4 is 17.6 Å². The van der Waals surface area contributed by atoms with Gasteiger partial charge in [-0.2, -0.15) is 18.2 Å². The Bertz CT molecular complexity index is 633. The lowest BCUT2D eigenvalue weighted by molar-refractivity contribution is -0.186. The zero-order chi connectivity index (χ0) is 18.3. The Labute approximate surface area is 142 Å². The molecule has 0 amide bonds. The fraction of sp³-hybridized carbons (Fsp3) is 0.429. The number of hydrogen-bond donors (Lipinski definition) is 5. The van der Waals surface area contributed by atoms with Crippen LogP contribution in [0.5, 0.6) is 0 Å². The van der Waals surface area contributed by atoms with E-state index in [0.29, 0.717) is 18.8 Å². The van der Waals surface area contributed by atoms with Crippen molar-refractivity contribution in [2.24, 2.45) is 21.5 Å². The molecule has 0 bridgehead atoms. The van der Waals surface area contributed by atoms with Crippen LogP contribution in [0.15, 0.2) is 34.3 Å². The molecule has 8 nitrogen and oxygen atoms in total. The summed E-state index contributed by atoms with van der Waals surface area (Å²) in [5.41, 5.74) is 12.5. The molecular formula is C14H20F3N7O. The van der Waals surface area contributed by atoms with Crippen LogP contribution in [0, 0.1) is 0 Å². The lowest BCUT2D eigenvalue weighted by Gasteiger charge is -2.26. The molecule has 0 saturated carbocycles. The molecule has 0 saturated heterocycles. The van der Waals surface area contributed by atoms with Crippen LogP contribution in [0.25, 0.3) is 0 Å². The fourth-order valence-corrected chi connectivity index (χ4v) is 1.94. The highest BCUT2D eigenvalue weighted by Gasteiger charge is 2.30. The number of nitrogens with zero attached hydrogens (tertiary/aromatic N) is 2. The Morgan fingerprint density at radius 1 is 1.32 bits per heavy atom. The Hall–Kier alpha value is -2.37. The van der Waals surface area contributed by atoms with E-state index in [2.05, 4.69) is 25.9 Å². The van der Waals surface area contributed by atoms with Crippen molar-refractivity contribution in [2.45, 2.75) is 19.1 Å². The summed E-state index contributed by atoms with van der Waals surface area (Å²) < 4.78 is 41.8. The standard InChI is InChI=1S/C14H20F3N7O/c15-14(16,17)8-25-13-23-11(20-5-4-18)22-12(24-13)21-10-3-1-2-9(6-10)7-19/h1-3,6,13H,4-5,7-8,18-19H2,(H3,20,21,22,23,24). The van der Waals surface area contributed by atoms with Gasteiger partial charge < -0.3 is 26.8 Å². The maximum Gasteiger partial charge on any atom is 0.411 e. The van der Waals surface area contributed by atoms with Crippen LogP contribution in [0.2, 0.25) is 0 Å². The molecular weight excluding hydrogens is 339 g/mol. The monoisotopic (exact) mass is 359 g/mol. The number of nitrogens with two attached hydrogens (primary N) is 2. The van der Waals surface area contributed by atoms with E-state index in [1.807, 2.05) is 6.07 Å². The van der Waals surface area contributed by atoms with E-state index in [1.54, 1.807) is 18.2 Å². The SMILES string of the molecule is NCCN=C1NC(Nc2cccc(CN)c2)=NC(OCC(F)(F)F)N1. The molecule has 1 heterocycles. The highest BCUT2D eigenvalue weighted by Crippen LogP contribution is 2.16. The minimum absolute atomic E-state index is 0.191. The summed E-state index contributed by atoms with van der Waals surface area (Å²) in [7, 11) is 0. The van der Waals surface area contributed by atoms with Gasteiger partial charge in [-0.05, 0) is 17.7 Å². The molecule has 1 aromatic carbocycles. The van der Waals surface area contributed by atoms with E-state index in [1.165, 1.54) is 0 Å². The highest BCUT2D eigenvalue weighted by atomic mass is 19.4. The maximum absolute atomic E-state index is 12.3. The van der Waals surface area contributed by atoms with Gasteiger partial charge in [0, 0.05) is 18.8 Å². The third kappa shape index (κ3) is 6.57. The normalized spacial score (nSPS) is 19.2. The van der Waals surface area contributed by atoms with Crippen molar-refractivity contribution in [3.63, 3.8) is 0 Å². The predicted octanol–water partition coefficient (Wildman–Crippen LogP) is 0.283. The van der Waals surface area contributed by atoms with Gasteiger partial charge in [0.15, 0.2) is 0 Å². The van der Waals surface area contributed by atoms with Gasteiger partial charge in [-0.1, -0.05) is 12.1 Å². The topological polar surface area (TPSA) is 122 Å². The first-order chi connectivity index (χ1) is 11.9. The predicted molar refractivity (Wildman–Crippen MR) is 88.8 cm³/mol. The van der Waals surface area contributed by atoms with Crippen molar-refractivity contribution in [1.29, 1.82) is 0 Å². The minimum atomic E-state index is -4.46. The molecule has 2 rings (SSSR count). The first-order valence-corrected chi connectivity index (χ1v) is 7.50. The van der Waals surface area contributed by atoms with Crippen molar-refractivity contribution in [3.05, 3.63) is 29.8 Å². The molecule has 1 unspecified atom stereocenters. The molecule has 0 radical (unpaired) electrons. The number of benzene rings is 1. The van der Waals surface area contributed by atoms with Crippen molar-refractivity contribution in [1.82, 2.24) is 10.6 Å². The molecule has 0 spiro atoms. The van der Waals surface area contributed by atoms with Crippen LogP contribution in [-0.2, 0) is 11.3 Å². The molecule has 0 aromatic heterocycles. The van der Waals surface area contributed by atoms with Crippen LogP contribution in [0.3, 0.4) is 0 Å². The van der Waals surface area contributed by atoms with E-state index in [9.17, 15) is 13.2 Å². The van der Waals surface area contributed by atoms with Gasteiger partial charge in [0.05, 0.1) is 6.54 Å². The van der Waals surface area contributed by atoms with E-state index in [0.717, 1.165) is 5.56 Å². The summed E-state index contributed by atoms with van der Waals surface area (Å²) in [4.78, 5) is 8.10. The molecule has 11 heteroatoms. The second-order valence-corrected chi connectivity index (χ2v) is 5.07. The Morgan fingerprint density at radius 2 is 2.12 bits per heavy atom. The average Bonchev–Trinajstić information content (AvgIpc) is 2.57. The summed E-state index contributed by atoms with van der Waals surface area (Å²) in [5.74, 6) is 0.404. The zero-order valence-corrected chi connectivity index (χ0v) is 13.3. The summed E-state index contributed by atoms with van der Waals surface area (Å²) >= 11 is 0. The van der Waals surface area contributed by atoms with Crippen LogP contribution in [-0.4, -0.2) is 44.1 Å². The molecule has 1 aliphatic rings. The van der Waals surface area contributed by atoms with E-state index < -0.39 is 19.1 Å². The third-order valence-electron chi connectivity index (χ3n) is 2.97. The molecule has 1 aliphatic heterocycles. The summed E-state index contributed by atoms with van der Waals surface area (Å²) in [5, 5.41) is 8.40. The number of nitrogens with one attached hydrogen (secondary N) is 3. The van der Waals surface area contributed by atoms with Crippen LogP contribution in [0.4, 0.5) is 18.9 Å². The number of halogens is 3. The molecule has 7 N–H and O–H groups in total. The second kappa shape index (κ2) is 8.65. The number of rotatable bonds is 6. The lowest BCUT2D eigenvalue weighted by atomic mass is 10.2. The number of guanidine groups is 2. The van der Waals surface area contributed by atoms with Gasteiger partial charge in [0.1, 0.15) is 6.61 Å². The van der Waals surface area contributed by atoms with Crippen LogP contribution < -0.4 is 27.4 Å². The molecule has 138 valence electrons. The van der Waals surface area contributed by atoms with Gasteiger partial charge in [0.25, 0.3) is 0 Å². The summed E-state index contributed by atoms with van der Waals surface area (Å²) in [6.07, 6.45) is -5.70. The fourth-order valence-electron chi connectivity index (χ4n) is 1.94. The van der Waals surface area contributed by atoms with Gasteiger partial charge >= 0.3 is 6.18 Å². The van der Waals surface area contributed by atoms with Crippen LogP contribution >= 0.6 is 0 Å². The summed E-state index contributed by atoms with van der Waals surface area (Å²) in [6.45, 7) is -0.498. The smallest absolute Gasteiger partial charge is 0.330 e. The number of aliphatic imine (C=N–C) groups is 2. The molecule has 0 aliphatic carbocycles. The van der Waals surface area contributed by atoms with E-state index >= 15 is 0 Å². The highest BCUT2D eigenvalue weighted by molar-refractivity contribution is 6.06. The molecule has 1 aromatic rings. The number of ether oxygens (including phenoxy) is 1. The molecule has 25 heavy (non-hydrogen) atoms. The lowest BCUT2D eigenvalue weighted by Crippen LogP contribution is -2.54. The average molecular weight is 359 g/mol. The van der Waals surface area contributed by atoms with Crippen LogP contribution in [0.1, 0.15) is 5.56 Å². The Morgan fingerprint density at radius 3 is 2.80 bits per heavy atom. The molecule has 1 atom stereocenters. The quantitative estimate of drug-likeness (QED) is 0.497. The Kier molecular flexibility index (Phi) is 6.56. The van der Waals surface area contributed by atoms with Crippen molar-refractivity contribution < 1.29 is 17.9 Å². The summed E-state index contributed by atoms with van der Waals surface area (Å²) in [6, 6.07) is 7.22. The zero-order valence-electron chi connectivity index (χ0n) is 13.3. The molecule has 0 fully saturated rings. The first kappa shape index (κ1) is 19.0. The number of alkyl halides is 3. The largest absolute Gasteiger partial charge is 0.411 e. The third-order valence-corrected chi connectivity index (χ3v) is 2.97. The first-order valence-electron chi connectivity index (χ1n) is 7.50.